The van der Waals surface area contributed by atoms with E-state index in [2.05, 4.69) is 22.9 Å². The van der Waals surface area contributed by atoms with Crippen molar-refractivity contribution < 1.29 is 167 Å². The van der Waals surface area contributed by atoms with Gasteiger partial charge in [-0.05, 0) is 12.8 Å². The van der Waals surface area contributed by atoms with Crippen molar-refractivity contribution in [1.82, 2.24) is 0 Å². The van der Waals surface area contributed by atoms with Gasteiger partial charge in [-0.25, -0.2) is 0 Å². The standard InChI is InChI=1S/2C27H53O11P.2Na/c2*1-2-3-4-5-6-7-8-9-10-11-12-13-14-15-16-17-18-19-20-36-39(35,27(33)34)38-26(32)24-22(29)21(28)23(30)25(31)37-24;;/h2*21-26,28-32H,2-20H2,1H3,(H,33,34);;/q;;2*+1/p-2/t2*21-,22+,23+,24-,25+,26?,39?;;/m00../s1. The van der Waals surface area contributed by atoms with Crippen molar-refractivity contribution in [2.75, 3.05) is 13.2 Å². The first-order chi connectivity index (χ1) is 37.3. The van der Waals surface area contributed by atoms with Crippen LogP contribution in [0, 0.1) is 0 Å². The SMILES string of the molecule is CCCCCCCCCCCCCCCCCCCCOP(=O)(OC(O)[C@H]1O[C@@H](O)[C@H](O)[C@@H](O)[C@H]1O)C(=O)[O-].CCCCCCCCCCCCCCCCCCCCOP(=O)(OC(O)[C@H]1O[C@@H](O)[C@H](O)[C@@H](O)[C@H]1O)C(=O)[O-].[Na+].[Na+]. The quantitative estimate of drug-likeness (QED) is 0.0178. The molecule has 0 spiro atoms. The summed E-state index contributed by atoms with van der Waals surface area (Å²) in [7, 11) is -9.90. The second-order valence-electron chi connectivity index (χ2n) is 21.1. The van der Waals surface area contributed by atoms with E-state index < -0.39 is 101 Å². The van der Waals surface area contributed by atoms with Gasteiger partial charge in [0, 0.05) is 0 Å². The third-order valence-corrected chi connectivity index (χ3v) is 17.2. The maximum absolute atomic E-state index is 12.5. The molecule has 14 atom stereocenters. The van der Waals surface area contributed by atoms with Gasteiger partial charge in [-0.15, -0.1) is 0 Å². The number of carboxylic acid groups (broad SMARTS) is 2. The van der Waals surface area contributed by atoms with Crippen molar-refractivity contribution >= 4 is 26.6 Å². The van der Waals surface area contributed by atoms with Crippen molar-refractivity contribution in [3.63, 3.8) is 0 Å². The number of hydrogen-bond donors (Lipinski definition) is 10. The van der Waals surface area contributed by atoms with Crippen LogP contribution in [-0.2, 0) is 36.7 Å². The normalized spacial score (nSPS) is 25.2. The van der Waals surface area contributed by atoms with Crippen molar-refractivity contribution in [3.05, 3.63) is 0 Å². The van der Waals surface area contributed by atoms with Gasteiger partial charge in [-0.1, -0.05) is 232 Å². The van der Waals surface area contributed by atoms with E-state index in [-0.39, 0.29) is 72.3 Å². The van der Waals surface area contributed by atoms with Crippen LogP contribution in [0.2, 0.25) is 0 Å². The third-order valence-electron chi connectivity index (χ3n) is 14.3. The first-order valence-corrected chi connectivity index (χ1v) is 32.8. The molecule has 0 bridgehead atoms. The van der Waals surface area contributed by atoms with Gasteiger partial charge in [0.05, 0.1) is 13.2 Å². The summed E-state index contributed by atoms with van der Waals surface area (Å²) < 4.78 is 53.5. The smallest absolute Gasteiger partial charge is 0.538 e. The summed E-state index contributed by atoms with van der Waals surface area (Å²) in [6.07, 6.45) is 19.0. The molecule has 22 nitrogen and oxygen atoms in total. The van der Waals surface area contributed by atoms with Crippen molar-refractivity contribution in [3.8, 4) is 0 Å². The van der Waals surface area contributed by atoms with Gasteiger partial charge in [0.2, 0.25) is 0 Å². The number of unbranched alkanes of at least 4 members (excludes halogenated alkanes) is 34. The molecule has 2 heterocycles. The minimum absolute atomic E-state index is 0. The molecule has 0 aliphatic carbocycles. The first kappa shape index (κ1) is 82.8. The largest absolute Gasteiger partial charge is 1.00 e. The van der Waals surface area contributed by atoms with E-state index in [1.54, 1.807) is 0 Å². The predicted octanol–water partition coefficient (Wildman–Crippen LogP) is 1.44. The molecule has 0 saturated carbocycles. The Bertz CT molecular complexity index is 1490. The Morgan fingerprint density at radius 3 is 0.775 bits per heavy atom. The second kappa shape index (κ2) is 50.7. The summed E-state index contributed by atoms with van der Waals surface area (Å²) in [5, 5.41) is 120. The van der Waals surface area contributed by atoms with E-state index in [1.807, 2.05) is 0 Å². The molecule has 2 aliphatic heterocycles. The summed E-state index contributed by atoms with van der Waals surface area (Å²) >= 11 is 0. The molecule has 2 saturated heterocycles. The number of aliphatic hydroxyl groups excluding tert-OH is 10. The molecule has 0 aromatic heterocycles. The van der Waals surface area contributed by atoms with Gasteiger partial charge >= 0.3 is 74.3 Å². The van der Waals surface area contributed by atoms with Gasteiger partial charge in [0.15, 0.2) is 36.6 Å². The summed E-state index contributed by atoms with van der Waals surface area (Å²) in [5.41, 5.74) is -4.37. The zero-order valence-electron chi connectivity index (χ0n) is 49.1. The number of rotatable bonds is 48. The zero-order valence-corrected chi connectivity index (χ0v) is 54.9. The number of hydrogen-bond acceptors (Lipinski definition) is 22. The maximum Gasteiger partial charge on any atom is 1.00 e. The van der Waals surface area contributed by atoms with Crippen LogP contribution in [-0.4, -0.2) is 150 Å². The molecule has 0 radical (unpaired) electrons. The Labute approximate surface area is 521 Å². The average molecular weight is 1210 g/mol. The zero-order chi connectivity index (χ0) is 58.2. The van der Waals surface area contributed by atoms with Crippen molar-refractivity contribution in [2.24, 2.45) is 0 Å². The van der Waals surface area contributed by atoms with Gasteiger partial charge in [-0.2, -0.15) is 0 Å². The molecular formula is C54H104Na2O22P2. The number of ether oxygens (including phenoxy) is 2. The van der Waals surface area contributed by atoms with Crippen molar-refractivity contribution in [1.29, 1.82) is 0 Å². The maximum atomic E-state index is 12.5. The molecule has 464 valence electrons. The number of carbonyl (C=O) groups is 2. The van der Waals surface area contributed by atoms with Gasteiger partial charge < -0.3 is 89.4 Å². The molecule has 2 rings (SSSR count). The summed E-state index contributed by atoms with van der Waals surface area (Å²) in [6, 6.07) is 0. The van der Waals surface area contributed by atoms with Crippen LogP contribution in [0.1, 0.15) is 245 Å². The Morgan fingerprint density at radius 1 is 0.375 bits per heavy atom. The number of aliphatic hydroxyl groups is 10. The van der Waals surface area contributed by atoms with Crippen LogP contribution in [0.4, 0.5) is 9.59 Å². The molecule has 4 unspecified atom stereocenters. The minimum atomic E-state index is -4.95. The third kappa shape index (κ3) is 36.2. The van der Waals surface area contributed by atoms with Crippen molar-refractivity contribution in [2.45, 2.75) is 319 Å². The molecule has 26 heteroatoms. The Kier molecular flexibility index (Phi) is 52.5. The van der Waals surface area contributed by atoms with Crippen LogP contribution < -0.4 is 69.3 Å². The topological polar surface area (TPSA) is 372 Å². The van der Waals surface area contributed by atoms with Crippen LogP contribution in [0.15, 0.2) is 0 Å². The summed E-state index contributed by atoms with van der Waals surface area (Å²) in [5.74, 6) is 0. The van der Waals surface area contributed by atoms with E-state index >= 15 is 0 Å². The molecule has 0 aromatic rings. The van der Waals surface area contributed by atoms with Gasteiger partial charge in [-0.3, -0.25) is 18.2 Å². The van der Waals surface area contributed by atoms with Gasteiger partial charge in [0.25, 0.3) is 0 Å². The summed E-state index contributed by atoms with van der Waals surface area (Å²) in [4.78, 5) is 22.7. The molecule has 10 N–H and O–H groups in total. The predicted molar refractivity (Wildman–Crippen MR) is 287 cm³/mol. The molecule has 2 fully saturated rings. The molecule has 0 aromatic carbocycles. The Hall–Kier alpha value is 0.760. The van der Waals surface area contributed by atoms with Crippen LogP contribution >= 0.6 is 15.2 Å². The van der Waals surface area contributed by atoms with Crippen LogP contribution in [0.3, 0.4) is 0 Å². The molecule has 80 heavy (non-hydrogen) atoms. The number of carbonyl (C=O) groups excluding carboxylic acids is 2. The second-order valence-corrected chi connectivity index (χ2v) is 24.8. The first-order valence-electron chi connectivity index (χ1n) is 29.7. The van der Waals surface area contributed by atoms with E-state index in [0.29, 0.717) is 12.8 Å². The summed E-state index contributed by atoms with van der Waals surface area (Å²) in [6.45, 7) is 4.06. The van der Waals surface area contributed by atoms with E-state index in [1.165, 1.54) is 167 Å². The van der Waals surface area contributed by atoms with E-state index in [4.69, 9.17) is 18.5 Å². The van der Waals surface area contributed by atoms with Crippen LogP contribution in [0.5, 0.6) is 0 Å². The molecule has 0 amide bonds. The fourth-order valence-corrected chi connectivity index (χ4v) is 11.3. The minimum Gasteiger partial charge on any atom is -0.538 e. The monoisotopic (exact) mass is 1210 g/mol. The van der Waals surface area contributed by atoms with E-state index in [0.717, 1.165) is 51.4 Å². The fraction of sp³-hybridized carbons (Fsp3) is 0.963. The molecular weight excluding hydrogens is 1110 g/mol. The molecule has 2 aliphatic rings. The van der Waals surface area contributed by atoms with Gasteiger partial charge in [0.1, 0.15) is 48.8 Å². The Balaban J connectivity index is 0. The van der Waals surface area contributed by atoms with E-state index in [9.17, 15) is 80.0 Å². The van der Waals surface area contributed by atoms with Crippen LogP contribution in [0.25, 0.3) is 0 Å². The average Bonchev–Trinajstić information content (AvgIpc) is 3.40. The Morgan fingerprint density at radius 2 is 0.575 bits per heavy atom. The fourth-order valence-electron chi connectivity index (χ4n) is 9.28.